The minimum Gasteiger partial charge on any atom is -0.302 e. The van der Waals surface area contributed by atoms with Crippen LogP contribution in [0.15, 0.2) is 30.3 Å². The van der Waals surface area contributed by atoms with Crippen molar-refractivity contribution in [1.82, 2.24) is 4.90 Å². The van der Waals surface area contributed by atoms with Crippen LogP contribution >= 0.6 is 12.6 Å². The van der Waals surface area contributed by atoms with Crippen LogP contribution in [-0.4, -0.2) is 30.3 Å². The molecule has 1 heterocycles. The number of benzene rings is 1. The Morgan fingerprint density at radius 3 is 2.79 bits per heavy atom. The van der Waals surface area contributed by atoms with Gasteiger partial charge in [-0.1, -0.05) is 30.3 Å². The minimum atomic E-state index is 0.746. The number of hydrogen-bond acceptors (Lipinski definition) is 2. The highest BCUT2D eigenvalue weighted by molar-refractivity contribution is 7.80. The van der Waals surface area contributed by atoms with Crippen molar-refractivity contribution in [1.29, 1.82) is 0 Å². The topological polar surface area (TPSA) is 3.24 Å². The molecule has 1 nitrogen and oxygen atoms in total. The van der Waals surface area contributed by atoms with Crippen molar-refractivity contribution in [2.45, 2.75) is 12.3 Å². The van der Waals surface area contributed by atoms with E-state index in [0.29, 0.717) is 0 Å². The van der Waals surface area contributed by atoms with Crippen LogP contribution in [0.4, 0.5) is 0 Å². The van der Waals surface area contributed by atoms with Crippen LogP contribution in [0.25, 0.3) is 0 Å². The molecule has 1 unspecified atom stereocenters. The van der Waals surface area contributed by atoms with Gasteiger partial charge in [0.05, 0.1) is 0 Å². The smallest absolute Gasteiger partial charge is 0.00701 e. The van der Waals surface area contributed by atoms with Gasteiger partial charge in [-0.2, -0.15) is 12.6 Å². The molecule has 0 saturated carbocycles. The molecule has 1 fully saturated rings. The molecule has 0 aliphatic carbocycles. The minimum absolute atomic E-state index is 0.746. The quantitative estimate of drug-likeness (QED) is 0.745. The molecule has 0 bridgehead atoms. The maximum Gasteiger partial charge on any atom is 0.00701 e. The van der Waals surface area contributed by atoms with Gasteiger partial charge in [0.15, 0.2) is 0 Å². The third kappa shape index (κ3) is 2.31. The van der Waals surface area contributed by atoms with Crippen LogP contribution in [0.1, 0.15) is 17.9 Å². The van der Waals surface area contributed by atoms with E-state index in [1.54, 1.807) is 0 Å². The fraction of sp³-hybridized carbons (Fsp3) is 0.500. The van der Waals surface area contributed by atoms with E-state index in [4.69, 9.17) is 0 Å². The fourth-order valence-electron chi connectivity index (χ4n) is 2.17. The molecule has 0 radical (unpaired) electrons. The Labute approximate surface area is 91.5 Å². The molecule has 2 heteroatoms. The van der Waals surface area contributed by atoms with E-state index in [9.17, 15) is 0 Å². The predicted molar refractivity (Wildman–Crippen MR) is 64.1 cm³/mol. The Bertz CT molecular complexity index is 273. The van der Waals surface area contributed by atoms with Crippen LogP contribution in [0.5, 0.6) is 0 Å². The fourth-order valence-corrected chi connectivity index (χ4v) is 2.46. The van der Waals surface area contributed by atoms with E-state index in [1.807, 2.05) is 0 Å². The Balaban J connectivity index is 1.96. The maximum absolute atomic E-state index is 4.27. The van der Waals surface area contributed by atoms with Crippen molar-refractivity contribution in [2.75, 3.05) is 25.4 Å². The number of likely N-dealkylation sites (tertiary alicyclic amines) is 1. The molecule has 1 saturated heterocycles. The number of thiol groups is 1. The molecule has 1 aliphatic rings. The lowest BCUT2D eigenvalue weighted by Gasteiger charge is -2.14. The molecule has 1 aliphatic heterocycles. The van der Waals surface area contributed by atoms with E-state index >= 15 is 0 Å². The first kappa shape index (κ1) is 10.1. The second kappa shape index (κ2) is 4.85. The van der Waals surface area contributed by atoms with Crippen LogP contribution in [0.2, 0.25) is 0 Å². The summed E-state index contributed by atoms with van der Waals surface area (Å²) >= 11 is 4.27. The average molecular weight is 207 g/mol. The SMILES string of the molecule is SCCN1CCC(c2ccccc2)C1. The summed E-state index contributed by atoms with van der Waals surface area (Å²) in [6.07, 6.45) is 1.30. The van der Waals surface area contributed by atoms with E-state index in [1.165, 1.54) is 25.1 Å². The zero-order valence-electron chi connectivity index (χ0n) is 8.39. The summed E-state index contributed by atoms with van der Waals surface area (Å²) in [7, 11) is 0. The molecule has 0 aromatic heterocycles. The lowest BCUT2D eigenvalue weighted by atomic mass is 9.99. The molecular formula is C12H17NS. The number of rotatable bonds is 3. The molecule has 1 aromatic rings. The van der Waals surface area contributed by atoms with E-state index in [2.05, 4.69) is 47.9 Å². The summed E-state index contributed by atoms with van der Waals surface area (Å²) in [4.78, 5) is 2.50. The molecule has 14 heavy (non-hydrogen) atoms. The third-order valence-electron chi connectivity index (χ3n) is 2.96. The molecule has 1 aromatic carbocycles. The zero-order valence-corrected chi connectivity index (χ0v) is 9.29. The molecular weight excluding hydrogens is 190 g/mol. The van der Waals surface area contributed by atoms with Gasteiger partial charge < -0.3 is 4.90 Å². The molecule has 0 amide bonds. The van der Waals surface area contributed by atoms with Crippen LogP contribution in [0.3, 0.4) is 0 Å². The molecule has 0 N–H and O–H groups in total. The van der Waals surface area contributed by atoms with Crippen molar-refractivity contribution in [3.8, 4) is 0 Å². The Morgan fingerprint density at radius 1 is 1.29 bits per heavy atom. The largest absolute Gasteiger partial charge is 0.302 e. The molecule has 1 atom stereocenters. The standard InChI is InChI=1S/C12H17NS/c14-9-8-13-7-6-12(10-13)11-4-2-1-3-5-11/h1-5,12,14H,6-10H2. The van der Waals surface area contributed by atoms with Gasteiger partial charge in [-0.3, -0.25) is 0 Å². The monoisotopic (exact) mass is 207 g/mol. The van der Waals surface area contributed by atoms with Gasteiger partial charge in [-0.25, -0.2) is 0 Å². The summed E-state index contributed by atoms with van der Waals surface area (Å²) in [6, 6.07) is 10.8. The Morgan fingerprint density at radius 2 is 2.07 bits per heavy atom. The van der Waals surface area contributed by atoms with Gasteiger partial charge in [0.2, 0.25) is 0 Å². The van der Waals surface area contributed by atoms with Gasteiger partial charge in [0, 0.05) is 18.8 Å². The zero-order chi connectivity index (χ0) is 9.80. The lowest BCUT2D eigenvalue weighted by molar-refractivity contribution is 0.357. The van der Waals surface area contributed by atoms with Crippen molar-refractivity contribution in [3.63, 3.8) is 0 Å². The second-order valence-corrected chi connectivity index (χ2v) is 4.37. The summed E-state index contributed by atoms with van der Waals surface area (Å²) in [5, 5.41) is 0. The highest BCUT2D eigenvalue weighted by Gasteiger charge is 2.22. The number of nitrogens with zero attached hydrogens (tertiary/aromatic N) is 1. The van der Waals surface area contributed by atoms with Gasteiger partial charge in [-0.15, -0.1) is 0 Å². The molecule has 2 rings (SSSR count). The number of hydrogen-bond donors (Lipinski definition) is 1. The lowest BCUT2D eigenvalue weighted by Crippen LogP contribution is -2.22. The van der Waals surface area contributed by atoms with Crippen LogP contribution in [-0.2, 0) is 0 Å². The molecule has 76 valence electrons. The first-order chi connectivity index (χ1) is 6.90. The predicted octanol–water partition coefficient (Wildman–Crippen LogP) is 2.41. The second-order valence-electron chi connectivity index (χ2n) is 3.92. The normalized spacial score (nSPS) is 22.8. The summed E-state index contributed by atoms with van der Waals surface area (Å²) in [6.45, 7) is 3.58. The van der Waals surface area contributed by atoms with Gasteiger partial charge in [0.25, 0.3) is 0 Å². The highest BCUT2D eigenvalue weighted by atomic mass is 32.1. The molecule has 0 spiro atoms. The van der Waals surface area contributed by atoms with Gasteiger partial charge in [0.1, 0.15) is 0 Å². The van der Waals surface area contributed by atoms with E-state index in [0.717, 1.165) is 18.2 Å². The van der Waals surface area contributed by atoms with Crippen molar-refractivity contribution in [2.24, 2.45) is 0 Å². The first-order valence-corrected chi connectivity index (χ1v) is 5.91. The summed E-state index contributed by atoms with van der Waals surface area (Å²) in [5.74, 6) is 1.72. The summed E-state index contributed by atoms with van der Waals surface area (Å²) in [5.41, 5.74) is 1.49. The van der Waals surface area contributed by atoms with Crippen molar-refractivity contribution < 1.29 is 0 Å². The van der Waals surface area contributed by atoms with Crippen LogP contribution < -0.4 is 0 Å². The third-order valence-corrected chi connectivity index (χ3v) is 3.16. The Hall–Kier alpha value is -0.470. The van der Waals surface area contributed by atoms with E-state index < -0.39 is 0 Å². The first-order valence-electron chi connectivity index (χ1n) is 5.28. The van der Waals surface area contributed by atoms with Crippen LogP contribution in [0, 0.1) is 0 Å². The van der Waals surface area contributed by atoms with Crippen molar-refractivity contribution >= 4 is 12.6 Å². The Kier molecular flexibility index (Phi) is 3.49. The van der Waals surface area contributed by atoms with E-state index in [-0.39, 0.29) is 0 Å². The summed E-state index contributed by atoms with van der Waals surface area (Å²) < 4.78 is 0. The van der Waals surface area contributed by atoms with Gasteiger partial charge in [-0.05, 0) is 24.4 Å². The maximum atomic E-state index is 4.27. The highest BCUT2D eigenvalue weighted by Crippen LogP contribution is 2.26. The van der Waals surface area contributed by atoms with Crippen molar-refractivity contribution in [3.05, 3.63) is 35.9 Å². The average Bonchev–Trinajstić information content (AvgIpc) is 2.68. The van der Waals surface area contributed by atoms with Gasteiger partial charge >= 0.3 is 0 Å².